The van der Waals surface area contributed by atoms with Gasteiger partial charge >= 0.3 is 11.9 Å². The summed E-state index contributed by atoms with van der Waals surface area (Å²) in [6, 6.07) is 5.78. The Morgan fingerprint density at radius 3 is 2.65 bits per heavy atom. The van der Waals surface area contributed by atoms with Crippen molar-refractivity contribution in [3.05, 3.63) is 40.2 Å². The van der Waals surface area contributed by atoms with Gasteiger partial charge in [0.15, 0.2) is 5.75 Å². The minimum Gasteiger partial charge on any atom is -0.486 e. The first-order valence-corrected chi connectivity index (χ1v) is 7.06. The number of nitro groups is 1. The Bertz CT molecular complexity index is 706. The molecule has 0 radical (unpaired) electrons. The average molecular weight is 349 g/mol. The molecule has 0 amide bonds. The molecule has 0 fully saturated rings. The maximum Gasteiger partial charge on any atom is 0.453 e. The third-order valence-corrected chi connectivity index (χ3v) is 3.46. The van der Waals surface area contributed by atoms with E-state index in [0.717, 1.165) is 11.8 Å². The minimum absolute atomic E-state index is 0.0176. The topological polar surface area (TPSA) is 109 Å². The molecule has 0 aliphatic rings. The number of alkyl halides is 3. The minimum atomic E-state index is -4.69. The zero-order valence-electron chi connectivity index (χ0n) is 11.4. The van der Waals surface area contributed by atoms with Crippen molar-refractivity contribution in [2.24, 2.45) is 0 Å². The molecule has 0 aliphatic heterocycles. The van der Waals surface area contributed by atoms with Crippen LogP contribution in [0.2, 0.25) is 0 Å². The van der Waals surface area contributed by atoms with Crippen molar-refractivity contribution in [1.82, 2.24) is 14.9 Å². The van der Waals surface area contributed by atoms with Gasteiger partial charge in [-0.05, 0) is 6.07 Å². The smallest absolute Gasteiger partial charge is 0.453 e. The molecule has 0 atom stereocenters. The first kappa shape index (κ1) is 16.9. The van der Waals surface area contributed by atoms with Gasteiger partial charge in [-0.1, -0.05) is 23.9 Å². The fourth-order valence-corrected chi connectivity index (χ4v) is 2.26. The largest absolute Gasteiger partial charge is 0.486 e. The number of nitro benzene ring substituents is 1. The van der Waals surface area contributed by atoms with E-state index in [1.807, 2.05) is 0 Å². The van der Waals surface area contributed by atoms with Gasteiger partial charge in [0.2, 0.25) is 5.16 Å². The molecule has 8 nitrogen and oxygen atoms in total. The molecule has 2 aromatic rings. The number of benzene rings is 1. The van der Waals surface area contributed by atoms with E-state index in [1.165, 1.54) is 18.2 Å². The third kappa shape index (κ3) is 4.03. The van der Waals surface area contributed by atoms with Crippen LogP contribution in [-0.4, -0.2) is 32.2 Å². The molecule has 0 saturated heterocycles. The maximum atomic E-state index is 12.5. The van der Waals surface area contributed by atoms with Gasteiger partial charge in [-0.3, -0.25) is 10.1 Å². The summed E-state index contributed by atoms with van der Waals surface area (Å²) in [5.41, 5.74) is -0.196. The van der Waals surface area contributed by atoms with Gasteiger partial charge < -0.3 is 10.6 Å². The zero-order chi connectivity index (χ0) is 17.0. The molecule has 124 valence electrons. The Morgan fingerprint density at radius 1 is 1.35 bits per heavy atom. The van der Waals surface area contributed by atoms with E-state index < -0.39 is 16.9 Å². The molecule has 0 spiro atoms. The summed E-state index contributed by atoms with van der Waals surface area (Å²) in [5, 5.41) is 17.0. The van der Waals surface area contributed by atoms with Crippen molar-refractivity contribution < 1.29 is 22.8 Å². The molecule has 1 aromatic heterocycles. The van der Waals surface area contributed by atoms with Gasteiger partial charge in [0.05, 0.1) is 11.5 Å². The average Bonchev–Trinajstić information content (AvgIpc) is 2.85. The van der Waals surface area contributed by atoms with Crippen LogP contribution in [-0.2, 0) is 6.18 Å². The second kappa shape index (κ2) is 6.73. The lowest BCUT2D eigenvalue weighted by Gasteiger charge is -2.07. The molecule has 2 N–H and O–H groups in total. The zero-order valence-corrected chi connectivity index (χ0v) is 12.2. The number of nitrogen functional groups attached to an aromatic ring is 1. The fourth-order valence-electron chi connectivity index (χ4n) is 1.58. The van der Waals surface area contributed by atoms with Crippen LogP contribution < -0.4 is 10.6 Å². The fraction of sp³-hybridized carbons (Fsp3) is 0.273. The summed E-state index contributed by atoms with van der Waals surface area (Å²) in [7, 11) is 0. The number of hydrogen-bond acceptors (Lipinski definition) is 7. The third-order valence-electron chi connectivity index (χ3n) is 2.55. The van der Waals surface area contributed by atoms with E-state index in [4.69, 9.17) is 10.6 Å². The second-order valence-electron chi connectivity index (χ2n) is 4.10. The molecule has 0 unspecified atom stereocenters. The number of para-hydroxylation sites is 2. The van der Waals surface area contributed by atoms with E-state index in [-0.39, 0.29) is 29.0 Å². The van der Waals surface area contributed by atoms with E-state index >= 15 is 0 Å². The van der Waals surface area contributed by atoms with E-state index in [1.54, 1.807) is 6.07 Å². The maximum absolute atomic E-state index is 12.5. The summed E-state index contributed by atoms with van der Waals surface area (Å²) in [6.45, 7) is 0.0176. The van der Waals surface area contributed by atoms with Gasteiger partial charge in [0.1, 0.15) is 0 Å². The molecule has 1 aromatic carbocycles. The molecule has 0 aliphatic carbocycles. The highest BCUT2D eigenvalue weighted by atomic mass is 32.2. The van der Waals surface area contributed by atoms with Crippen molar-refractivity contribution in [3.63, 3.8) is 0 Å². The lowest BCUT2D eigenvalue weighted by Crippen LogP contribution is -2.21. The first-order valence-electron chi connectivity index (χ1n) is 6.07. The molecule has 1 heterocycles. The Hall–Kier alpha value is -2.50. The Balaban J connectivity index is 1.92. The van der Waals surface area contributed by atoms with Crippen LogP contribution in [0.4, 0.5) is 18.9 Å². The number of thioether (sulfide) groups is 1. The van der Waals surface area contributed by atoms with Crippen LogP contribution in [0.1, 0.15) is 5.82 Å². The SMILES string of the molecule is Nn1c(SCCOc2ccccc2[N+](=O)[O-])nnc1C(F)(F)F. The summed E-state index contributed by atoms with van der Waals surface area (Å²) in [5.74, 6) is 4.21. The number of nitrogens with zero attached hydrogens (tertiary/aromatic N) is 4. The summed E-state index contributed by atoms with van der Waals surface area (Å²) in [6.07, 6.45) is -4.69. The molecule has 0 bridgehead atoms. The van der Waals surface area contributed by atoms with Crippen LogP contribution in [0.3, 0.4) is 0 Å². The van der Waals surface area contributed by atoms with Gasteiger partial charge in [0, 0.05) is 11.8 Å². The lowest BCUT2D eigenvalue weighted by atomic mass is 10.3. The van der Waals surface area contributed by atoms with Crippen LogP contribution in [0.15, 0.2) is 29.4 Å². The molecule has 0 saturated carbocycles. The van der Waals surface area contributed by atoms with Crippen LogP contribution in [0.25, 0.3) is 0 Å². The summed E-state index contributed by atoms with van der Waals surface area (Å²) < 4.78 is 43.1. The predicted molar refractivity (Wildman–Crippen MR) is 74.5 cm³/mol. The van der Waals surface area contributed by atoms with E-state index in [9.17, 15) is 23.3 Å². The molecule has 23 heavy (non-hydrogen) atoms. The highest BCUT2D eigenvalue weighted by Crippen LogP contribution is 2.29. The van der Waals surface area contributed by atoms with Crippen molar-refractivity contribution in [3.8, 4) is 5.75 Å². The highest BCUT2D eigenvalue weighted by Gasteiger charge is 2.38. The predicted octanol–water partition coefficient (Wildman–Crippen LogP) is 2.09. The van der Waals surface area contributed by atoms with Crippen molar-refractivity contribution in [2.45, 2.75) is 11.3 Å². The number of hydrogen-bond donors (Lipinski definition) is 1. The van der Waals surface area contributed by atoms with Crippen molar-refractivity contribution in [1.29, 1.82) is 0 Å². The first-order chi connectivity index (χ1) is 10.8. The standard InChI is InChI=1S/C11H10F3N5O3S/c12-11(13,14)9-16-17-10(18(9)15)23-6-5-22-8-4-2-1-3-7(8)19(20)21/h1-4H,5-6,15H2. The summed E-state index contributed by atoms with van der Waals surface area (Å²) in [4.78, 5) is 10.2. The monoisotopic (exact) mass is 349 g/mol. The molecule has 2 rings (SSSR count). The Morgan fingerprint density at radius 2 is 2.04 bits per heavy atom. The lowest BCUT2D eigenvalue weighted by molar-refractivity contribution is -0.385. The van der Waals surface area contributed by atoms with Gasteiger partial charge in [-0.25, -0.2) is 4.68 Å². The van der Waals surface area contributed by atoms with E-state index in [2.05, 4.69) is 10.2 Å². The number of halogens is 3. The number of aromatic nitrogens is 3. The molecular formula is C11H10F3N5O3S. The summed E-state index contributed by atoms with van der Waals surface area (Å²) >= 11 is 0.887. The van der Waals surface area contributed by atoms with Gasteiger partial charge in [-0.2, -0.15) is 13.2 Å². The quantitative estimate of drug-likeness (QED) is 0.280. The highest BCUT2D eigenvalue weighted by molar-refractivity contribution is 7.99. The van der Waals surface area contributed by atoms with Crippen LogP contribution in [0, 0.1) is 10.1 Å². The molecular weight excluding hydrogens is 339 g/mol. The molecule has 12 heteroatoms. The Labute approximate surface area is 131 Å². The Kier molecular flexibility index (Phi) is 4.93. The second-order valence-corrected chi connectivity index (χ2v) is 5.16. The van der Waals surface area contributed by atoms with Crippen molar-refractivity contribution in [2.75, 3.05) is 18.2 Å². The van der Waals surface area contributed by atoms with Gasteiger partial charge in [0.25, 0.3) is 5.82 Å². The van der Waals surface area contributed by atoms with Gasteiger partial charge in [-0.15, -0.1) is 10.2 Å². The van der Waals surface area contributed by atoms with Crippen LogP contribution in [0.5, 0.6) is 5.75 Å². The number of rotatable bonds is 6. The van der Waals surface area contributed by atoms with E-state index in [0.29, 0.717) is 4.68 Å². The van der Waals surface area contributed by atoms with Crippen LogP contribution >= 0.6 is 11.8 Å². The number of ether oxygens (including phenoxy) is 1. The normalized spacial score (nSPS) is 11.4. The number of nitrogens with two attached hydrogens (primary N) is 1. The van der Waals surface area contributed by atoms with Crippen molar-refractivity contribution >= 4 is 17.4 Å².